The number of carbonyl (C=O) groups is 1. The molecule has 2 aromatic carbocycles. The van der Waals surface area contributed by atoms with E-state index in [2.05, 4.69) is 5.32 Å². The van der Waals surface area contributed by atoms with Gasteiger partial charge in [-0.1, -0.05) is 48.0 Å². The van der Waals surface area contributed by atoms with Crippen LogP contribution < -0.4 is 10.1 Å². The van der Waals surface area contributed by atoms with Gasteiger partial charge in [0.05, 0.1) is 6.10 Å². The highest BCUT2D eigenvalue weighted by molar-refractivity contribution is 5.77. The highest BCUT2D eigenvalue weighted by Gasteiger charge is 2.08. The Labute approximate surface area is 130 Å². The molecular weight excluding hydrogens is 278 g/mol. The topological polar surface area (TPSA) is 58.6 Å². The molecule has 116 valence electrons. The number of carbonyl (C=O) groups excluding carboxylic acids is 1. The van der Waals surface area contributed by atoms with Crippen molar-refractivity contribution in [1.82, 2.24) is 5.32 Å². The molecule has 0 aliphatic rings. The van der Waals surface area contributed by atoms with Gasteiger partial charge in [-0.25, -0.2) is 0 Å². The van der Waals surface area contributed by atoms with E-state index in [9.17, 15) is 9.90 Å². The fourth-order valence-corrected chi connectivity index (χ4v) is 2.02. The van der Waals surface area contributed by atoms with Crippen molar-refractivity contribution < 1.29 is 14.6 Å². The summed E-state index contributed by atoms with van der Waals surface area (Å²) >= 11 is 0. The summed E-state index contributed by atoms with van der Waals surface area (Å²) in [6, 6.07) is 16.9. The Morgan fingerprint density at radius 1 is 1.14 bits per heavy atom. The van der Waals surface area contributed by atoms with Crippen LogP contribution in [0.15, 0.2) is 54.6 Å². The number of nitrogens with one attached hydrogen (secondary N) is 1. The van der Waals surface area contributed by atoms with E-state index in [1.54, 1.807) is 0 Å². The second-order valence-electron chi connectivity index (χ2n) is 5.17. The lowest BCUT2D eigenvalue weighted by atomic mass is 10.1. The minimum Gasteiger partial charge on any atom is -0.484 e. The van der Waals surface area contributed by atoms with Crippen molar-refractivity contribution in [2.75, 3.05) is 13.2 Å². The molecule has 0 saturated carbocycles. The number of benzene rings is 2. The van der Waals surface area contributed by atoms with Crippen molar-refractivity contribution in [3.8, 4) is 5.75 Å². The van der Waals surface area contributed by atoms with E-state index in [1.807, 2.05) is 61.5 Å². The van der Waals surface area contributed by atoms with Gasteiger partial charge >= 0.3 is 0 Å². The van der Waals surface area contributed by atoms with E-state index in [0.29, 0.717) is 18.7 Å². The predicted octanol–water partition coefficient (Wildman–Crippen LogP) is 2.61. The molecule has 1 amide bonds. The van der Waals surface area contributed by atoms with Gasteiger partial charge in [0, 0.05) is 6.54 Å². The average molecular weight is 299 g/mol. The molecule has 0 aliphatic heterocycles. The maximum Gasteiger partial charge on any atom is 0.257 e. The Balaban J connectivity index is 1.66. The molecule has 0 fully saturated rings. The number of aliphatic hydroxyl groups excluding tert-OH is 1. The van der Waals surface area contributed by atoms with Crippen molar-refractivity contribution in [2.24, 2.45) is 0 Å². The van der Waals surface area contributed by atoms with Crippen LogP contribution >= 0.6 is 0 Å². The molecule has 0 bridgehead atoms. The van der Waals surface area contributed by atoms with Gasteiger partial charge in [0.25, 0.3) is 5.91 Å². The van der Waals surface area contributed by atoms with E-state index >= 15 is 0 Å². The number of hydrogen-bond acceptors (Lipinski definition) is 3. The lowest BCUT2D eigenvalue weighted by Crippen LogP contribution is -2.30. The van der Waals surface area contributed by atoms with Crippen molar-refractivity contribution in [3.63, 3.8) is 0 Å². The molecule has 0 radical (unpaired) electrons. The fraction of sp³-hybridized carbons (Fsp3) is 0.278. The standard InChI is InChI=1S/C18H21NO3/c1-14-7-9-16(10-8-14)22-13-18(21)19-12-11-17(20)15-5-3-2-4-6-15/h2-10,17,20H,11-13H2,1H3,(H,19,21)/t17-/m0/s1. The summed E-state index contributed by atoms with van der Waals surface area (Å²) in [7, 11) is 0. The van der Waals surface area contributed by atoms with Crippen molar-refractivity contribution in [2.45, 2.75) is 19.4 Å². The Hall–Kier alpha value is -2.33. The minimum atomic E-state index is -0.570. The Morgan fingerprint density at radius 2 is 1.82 bits per heavy atom. The van der Waals surface area contributed by atoms with Crippen LogP contribution in [0, 0.1) is 6.92 Å². The number of rotatable bonds is 7. The first-order valence-corrected chi connectivity index (χ1v) is 7.34. The molecule has 2 rings (SSSR count). The fourth-order valence-electron chi connectivity index (χ4n) is 2.02. The number of amides is 1. The maximum absolute atomic E-state index is 11.7. The van der Waals surface area contributed by atoms with Crippen LogP contribution in [-0.4, -0.2) is 24.2 Å². The Bertz CT molecular complexity index is 581. The van der Waals surface area contributed by atoms with Gasteiger partial charge in [0.15, 0.2) is 6.61 Å². The molecule has 0 aliphatic carbocycles. The van der Waals surface area contributed by atoms with Gasteiger partial charge in [0.1, 0.15) is 5.75 Å². The molecule has 0 aromatic heterocycles. The summed E-state index contributed by atoms with van der Waals surface area (Å²) in [5, 5.41) is 12.7. The van der Waals surface area contributed by atoms with Gasteiger partial charge in [-0.3, -0.25) is 4.79 Å². The van der Waals surface area contributed by atoms with E-state index in [0.717, 1.165) is 11.1 Å². The van der Waals surface area contributed by atoms with Crippen LogP contribution in [0.25, 0.3) is 0 Å². The maximum atomic E-state index is 11.7. The second kappa shape index (κ2) is 8.20. The summed E-state index contributed by atoms with van der Waals surface area (Å²) < 4.78 is 5.39. The smallest absolute Gasteiger partial charge is 0.257 e. The van der Waals surface area contributed by atoms with E-state index in [4.69, 9.17) is 4.74 Å². The molecule has 4 nitrogen and oxygen atoms in total. The van der Waals surface area contributed by atoms with Crippen LogP contribution in [0.1, 0.15) is 23.7 Å². The van der Waals surface area contributed by atoms with Crippen molar-refractivity contribution in [3.05, 3.63) is 65.7 Å². The summed E-state index contributed by atoms with van der Waals surface area (Å²) in [5.41, 5.74) is 2.00. The molecule has 2 aromatic rings. The SMILES string of the molecule is Cc1ccc(OCC(=O)NCC[C@H](O)c2ccccc2)cc1. The Morgan fingerprint density at radius 3 is 2.50 bits per heavy atom. The van der Waals surface area contributed by atoms with Crippen LogP contribution in [0.2, 0.25) is 0 Å². The molecule has 4 heteroatoms. The van der Waals surface area contributed by atoms with Crippen molar-refractivity contribution in [1.29, 1.82) is 0 Å². The van der Waals surface area contributed by atoms with Crippen LogP contribution in [-0.2, 0) is 4.79 Å². The largest absolute Gasteiger partial charge is 0.484 e. The van der Waals surface area contributed by atoms with Gasteiger partial charge in [0.2, 0.25) is 0 Å². The molecule has 2 N–H and O–H groups in total. The van der Waals surface area contributed by atoms with Gasteiger partial charge in [-0.2, -0.15) is 0 Å². The van der Waals surface area contributed by atoms with Crippen LogP contribution in [0.4, 0.5) is 0 Å². The molecular formula is C18H21NO3. The van der Waals surface area contributed by atoms with Gasteiger partial charge in [-0.05, 0) is 31.0 Å². The summed E-state index contributed by atoms with van der Waals surface area (Å²) in [6.07, 6.45) is -0.0974. The number of hydrogen-bond donors (Lipinski definition) is 2. The number of aliphatic hydroxyl groups is 1. The number of ether oxygens (including phenoxy) is 1. The van der Waals surface area contributed by atoms with Crippen LogP contribution in [0.3, 0.4) is 0 Å². The first-order valence-electron chi connectivity index (χ1n) is 7.34. The first kappa shape index (κ1) is 16.0. The van der Waals surface area contributed by atoms with Gasteiger partial charge < -0.3 is 15.2 Å². The molecule has 0 spiro atoms. The summed E-state index contributed by atoms with van der Waals surface area (Å²) in [5.74, 6) is 0.478. The third-order valence-electron chi connectivity index (χ3n) is 3.32. The molecule has 0 unspecified atom stereocenters. The predicted molar refractivity (Wildman–Crippen MR) is 85.7 cm³/mol. The van der Waals surface area contributed by atoms with Crippen LogP contribution in [0.5, 0.6) is 5.75 Å². The quantitative estimate of drug-likeness (QED) is 0.826. The van der Waals surface area contributed by atoms with Crippen molar-refractivity contribution >= 4 is 5.91 Å². The third kappa shape index (κ3) is 5.22. The zero-order valence-electron chi connectivity index (χ0n) is 12.7. The zero-order chi connectivity index (χ0) is 15.8. The third-order valence-corrected chi connectivity index (χ3v) is 3.32. The zero-order valence-corrected chi connectivity index (χ0v) is 12.7. The lowest BCUT2D eigenvalue weighted by Gasteiger charge is -2.12. The summed E-state index contributed by atoms with van der Waals surface area (Å²) in [4.78, 5) is 11.7. The highest BCUT2D eigenvalue weighted by atomic mass is 16.5. The molecule has 1 atom stereocenters. The first-order chi connectivity index (χ1) is 10.6. The molecule has 22 heavy (non-hydrogen) atoms. The average Bonchev–Trinajstić information content (AvgIpc) is 2.55. The molecule has 0 saturated heterocycles. The Kier molecular flexibility index (Phi) is 5.98. The number of aryl methyl sites for hydroxylation is 1. The van der Waals surface area contributed by atoms with E-state index < -0.39 is 6.10 Å². The monoisotopic (exact) mass is 299 g/mol. The second-order valence-corrected chi connectivity index (χ2v) is 5.17. The normalized spacial score (nSPS) is 11.7. The van der Waals surface area contributed by atoms with E-state index in [-0.39, 0.29) is 12.5 Å². The summed E-state index contributed by atoms with van der Waals surface area (Å²) in [6.45, 7) is 2.38. The van der Waals surface area contributed by atoms with E-state index in [1.165, 1.54) is 0 Å². The molecule has 0 heterocycles. The minimum absolute atomic E-state index is 0.0233. The highest BCUT2D eigenvalue weighted by Crippen LogP contribution is 2.15. The lowest BCUT2D eigenvalue weighted by molar-refractivity contribution is -0.123. The van der Waals surface area contributed by atoms with Gasteiger partial charge in [-0.15, -0.1) is 0 Å².